The van der Waals surface area contributed by atoms with Crippen LogP contribution in [0.5, 0.6) is 0 Å². The lowest BCUT2D eigenvalue weighted by molar-refractivity contribution is 0.0736. The van der Waals surface area contributed by atoms with Gasteiger partial charge in [0.05, 0.1) is 0 Å². The number of aromatic nitrogens is 1. The van der Waals surface area contributed by atoms with E-state index in [1.165, 1.54) is 19.3 Å². The van der Waals surface area contributed by atoms with Crippen LogP contribution in [-0.4, -0.2) is 28.9 Å². The van der Waals surface area contributed by atoms with Crippen molar-refractivity contribution in [2.45, 2.75) is 32.1 Å². The van der Waals surface area contributed by atoms with Crippen LogP contribution in [0.2, 0.25) is 0 Å². The smallest absolute Gasteiger partial charge is 0.272 e. The van der Waals surface area contributed by atoms with E-state index in [1.807, 2.05) is 4.90 Å². The zero-order chi connectivity index (χ0) is 12.8. The average molecular weight is 248 g/mol. The molecule has 98 valence electrons. The fourth-order valence-corrected chi connectivity index (χ4v) is 2.25. The number of hydrogen-bond donors (Lipinski definition) is 2. The van der Waals surface area contributed by atoms with Gasteiger partial charge in [-0.1, -0.05) is 25.3 Å². The van der Waals surface area contributed by atoms with Gasteiger partial charge in [-0.25, -0.2) is 10.8 Å². The van der Waals surface area contributed by atoms with E-state index in [2.05, 4.69) is 10.4 Å². The highest BCUT2D eigenvalue weighted by atomic mass is 16.2. The number of carbonyl (C=O) groups excluding carboxylic acids is 1. The molecule has 0 atom stereocenters. The highest BCUT2D eigenvalue weighted by molar-refractivity contribution is 5.92. The molecule has 0 aromatic carbocycles. The van der Waals surface area contributed by atoms with Gasteiger partial charge in [0.1, 0.15) is 11.5 Å². The van der Waals surface area contributed by atoms with Crippen molar-refractivity contribution in [3.05, 3.63) is 23.9 Å². The summed E-state index contributed by atoms with van der Waals surface area (Å²) in [5.74, 6) is 5.84. The van der Waals surface area contributed by atoms with Gasteiger partial charge in [-0.3, -0.25) is 4.79 Å². The second kappa shape index (κ2) is 6.35. The number of nitrogens with one attached hydrogen (secondary N) is 1. The molecule has 18 heavy (non-hydrogen) atoms. The minimum Gasteiger partial charge on any atom is -0.337 e. The van der Waals surface area contributed by atoms with Crippen LogP contribution in [0, 0.1) is 0 Å². The summed E-state index contributed by atoms with van der Waals surface area (Å²) in [7, 11) is 0. The topological polar surface area (TPSA) is 71.2 Å². The lowest BCUT2D eigenvalue weighted by Crippen LogP contribution is -2.34. The van der Waals surface area contributed by atoms with Gasteiger partial charge in [-0.2, -0.15) is 0 Å². The van der Waals surface area contributed by atoms with Gasteiger partial charge in [-0.05, 0) is 25.0 Å². The summed E-state index contributed by atoms with van der Waals surface area (Å²) in [4.78, 5) is 18.4. The first-order chi connectivity index (χ1) is 8.81. The van der Waals surface area contributed by atoms with Gasteiger partial charge in [0.2, 0.25) is 0 Å². The van der Waals surface area contributed by atoms with Crippen molar-refractivity contribution in [2.75, 3.05) is 18.5 Å². The van der Waals surface area contributed by atoms with Crippen molar-refractivity contribution < 1.29 is 4.79 Å². The third-order valence-corrected chi connectivity index (χ3v) is 3.26. The van der Waals surface area contributed by atoms with Crippen LogP contribution < -0.4 is 11.3 Å². The van der Waals surface area contributed by atoms with E-state index < -0.39 is 0 Å². The molecule has 0 spiro atoms. The van der Waals surface area contributed by atoms with Crippen LogP contribution >= 0.6 is 0 Å². The molecule has 0 aliphatic carbocycles. The minimum atomic E-state index is 0.00833. The molecule has 1 saturated heterocycles. The first-order valence-corrected chi connectivity index (χ1v) is 6.54. The van der Waals surface area contributed by atoms with Crippen molar-refractivity contribution in [2.24, 2.45) is 5.84 Å². The van der Waals surface area contributed by atoms with Crippen LogP contribution in [0.1, 0.15) is 42.6 Å². The zero-order valence-corrected chi connectivity index (χ0v) is 10.6. The SMILES string of the molecule is NNc1cccc(C(=O)N2CCCCCCC2)n1. The minimum absolute atomic E-state index is 0.00833. The number of rotatable bonds is 2. The number of pyridine rings is 1. The van der Waals surface area contributed by atoms with E-state index >= 15 is 0 Å². The van der Waals surface area contributed by atoms with Gasteiger partial charge in [0.15, 0.2) is 0 Å². The number of hydrazine groups is 1. The zero-order valence-electron chi connectivity index (χ0n) is 10.6. The van der Waals surface area contributed by atoms with Crippen LogP contribution in [-0.2, 0) is 0 Å². The molecule has 0 bridgehead atoms. The Kier molecular flexibility index (Phi) is 4.52. The maximum atomic E-state index is 12.3. The van der Waals surface area contributed by atoms with E-state index in [4.69, 9.17) is 5.84 Å². The molecule has 2 rings (SSSR count). The number of nitrogen functional groups attached to an aromatic ring is 1. The van der Waals surface area contributed by atoms with E-state index in [1.54, 1.807) is 18.2 Å². The lowest BCUT2D eigenvalue weighted by Gasteiger charge is -2.24. The number of hydrogen-bond acceptors (Lipinski definition) is 4. The Morgan fingerprint density at radius 3 is 2.50 bits per heavy atom. The molecule has 1 aromatic rings. The van der Waals surface area contributed by atoms with Gasteiger partial charge in [0.25, 0.3) is 5.91 Å². The molecule has 2 heterocycles. The molecule has 1 fully saturated rings. The van der Waals surface area contributed by atoms with E-state index in [9.17, 15) is 4.79 Å². The Labute approximate surface area is 107 Å². The third-order valence-electron chi connectivity index (χ3n) is 3.26. The quantitative estimate of drug-likeness (QED) is 0.618. The normalized spacial score (nSPS) is 16.8. The van der Waals surface area contributed by atoms with Gasteiger partial charge < -0.3 is 10.3 Å². The second-order valence-electron chi connectivity index (χ2n) is 4.61. The summed E-state index contributed by atoms with van der Waals surface area (Å²) < 4.78 is 0. The summed E-state index contributed by atoms with van der Waals surface area (Å²) in [6, 6.07) is 5.27. The van der Waals surface area contributed by atoms with Crippen LogP contribution in [0.25, 0.3) is 0 Å². The maximum absolute atomic E-state index is 12.3. The highest BCUT2D eigenvalue weighted by Gasteiger charge is 2.17. The van der Waals surface area contributed by atoms with Gasteiger partial charge in [-0.15, -0.1) is 0 Å². The molecule has 5 heteroatoms. The van der Waals surface area contributed by atoms with E-state index in [-0.39, 0.29) is 5.91 Å². The molecule has 5 nitrogen and oxygen atoms in total. The lowest BCUT2D eigenvalue weighted by atomic mass is 10.1. The number of nitrogens with two attached hydrogens (primary N) is 1. The predicted octanol–water partition coefficient (Wildman–Crippen LogP) is 1.77. The van der Waals surface area contributed by atoms with Crippen molar-refractivity contribution in [3.8, 4) is 0 Å². The average Bonchev–Trinajstić information content (AvgIpc) is 2.38. The summed E-state index contributed by atoms with van der Waals surface area (Å²) in [6.07, 6.45) is 5.87. The van der Waals surface area contributed by atoms with Crippen LogP contribution in [0.15, 0.2) is 18.2 Å². The molecule has 0 radical (unpaired) electrons. The number of amides is 1. The van der Waals surface area contributed by atoms with Gasteiger partial charge >= 0.3 is 0 Å². The number of anilines is 1. The van der Waals surface area contributed by atoms with Crippen LogP contribution in [0.4, 0.5) is 5.82 Å². The summed E-state index contributed by atoms with van der Waals surface area (Å²) >= 11 is 0. The standard InChI is InChI=1S/C13H20N4O/c14-16-12-8-6-7-11(15-12)13(18)17-9-4-2-1-3-5-10-17/h6-8H,1-5,9-10,14H2,(H,15,16). The fraction of sp³-hybridized carbons (Fsp3) is 0.538. The Morgan fingerprint density at radius 2 is 1.83 bits per heavy atom. The fourth-order valence-electron chi connectivity index (χ4n) is 2.25. The largest absolute Gasteiger partial charge is 0.337 e. The molecule has 1 aliphatic heterocycles. The van der Waals surface area contributed by atoms with Crippen molar-refractivity contribution in [1.29, 1.82) is 0 Å². The Hall–Kier alpha value is -1.62. The van der Waals surface area contributed by atoms with Crippen molar-refractivity contribution in [1.82, 2.24) is 9.88 Å². The Bertz CT molecular complexity index is 400. The van der Waals surface area contributed by atoms with E-state index in [0.717, 1.165) is 25.9 Å². The summed E-state index contributed by atoms with van der Waals surface area (Å²) in [5, 5.41) is 0. The summed E-state index contributed by atoms with van der Waals surface area (Å²) in [6.45, 7) is 1.67. The Balaban J connectivity index is 2.08. The number of carbonyl (C=O) groups is 1. The molecule has 1 amide bonds. The maximum Gasteiger partial charge on any atom is 0.272 e. The van der Waals surface area contributed by atoms with Crippen LogP contribution in [0.3, 0.4) is 0 Å². The first-order valence-electron chi connectivity index (χ1n) is 6.54. The molecule has 1 aliphatic rings. The molecular weight excluding hydrogens is 228 g/mol. The van der Waals surface area contributed by atoms with E-state index in [0.29, 0.717) is 11.5 Å². The number of nitrogens with zero attached hydrogens (tertiary/aromatic N) is 2. The molecule has 0 saturated carbocycles. The van der Waals surface area contributed by atoms with Crippen molar-refractivity contribution >= 4 is 11.7 Å². The molecule has 1 aromatic heterocycles. The van der Waals surface area contributed by atoms with Crippen molar-refractivity contribution in [3.63, 3.8) is 0 Å². The van der Waals surface area contributed by atoms with Gasteiger partial charge in [0, 0.05) is 13.1 Å². The molecule has 0 unspecified atom stereocenters. The highest BCUT2D eigenvalue weighted by Crippen LogP contribution is 2.13. The monoisotopic (exact) mass is 248 g/mol. The third kappa shape index (κ3) is 3.20. The molecule has 3 N–H and O–H groups in total. The Morgan fingerprint density at radius 1 is 1.17 bits per heavy atom. The second-order valence-corrected chi connectivity index (χ2v) is 4.61. The molecular formula is C13H20N4O. The first kappa shape index (κ1) is 12.8. The number of likely N-dealkylation sites (tertiary alicyclic amines) is 1. The predicted molar refractivity (Wildman–Crippen MR) is 71.0 cm³/mol. The summed E-state index contributed by atoms with van der Waals surface area (Å²) in [5.41, 5.74) is 2.93.